The number of hydrogen-bond donors (Lipinski definition) is 2. The van der Waals surface area contributed by atoms with Crippen LogP contribution in [0.5, 0.6) is 5.75 Å². The van der Waals surface area contributed by atoms with Gasteiger partial charge in [-0.1, -0.05) is 30.3 Å². The maximum Gasteiger partial charge on any atom is 0.489 e. The lowest BCUT2D eigenvalue weighted by Gasteiger charge is -2.11. The number of hydrogen-bond acceptors (Lipinski definition) is 3. The minimum absolute atomic E-state index is 0.0139. The number of fused-ring (bicyclic) bond motifs is 1. The maximum absolute atomic E-state index is 12.2. The molecule has 6 heteroatoms. The summed E-state index contributed by atoms with van der Waals surface area (Å²) in [5, 5.41) is 19.2. The molecule has 0 atom stereocenters. The molecule has 0 heterocycles. The third-order valence-electron chi connectivity index (χ3n) is 2.41. The molecular formula is C11H9BF2O3. The van der Waals surface area contributed by atoms with Crippen molar-refractivity contribution < 1.29 is 23.6 Å². The SMILES string of the molecule is OB(O)c1ccc(OC(F)F)c2ccccc12. The van der Waals surface area contributed by atoms with Gasteiger partial charge in [0.15, 0.2) is 0 Å². The molecule has 0 aliphatic rings. The van der Waals surface area contributed by atoms with Gasteiger partial charge in [0.1, 0.15) is 5.75 Å². The van der Waals surface area contributed by atoms with Crippen molar-refractivity contribution in [1.82, 2.24) is 0 Å². The second-order valence-electron chi connectivity index (χ2n) is 3.45. The average Bonchev–Trinajstić information content (AvgIpc) is 2.28. The molecule has 0 unspecified atom stereocenters. The zero-order valence-corrected chi connectivity index (χ0v) is 8.68. The summed E-state index contributed by atoms with van der Waals surface area (Å²) in [5.74, 6) is 0.0139. The highest BCUT2D eigenvalue weighted by Crippen LogP contribution is 2.25. The molecule has 88 valence electrons. The first-order valence-corrected chi connectivity index (χ1v) is 4.92. The van der Waals surface area contributed by atoms with Gasteiger partial charge in [-0.05, 0) is 16.9 Å². The van der Waals surface area contributed by atoms with Gasteiger partial charge in [-0.3, -0.25) is 0 Å². The standard InChI is InChI=1S/C11H9BF2O3/c13-11(14)17-10-6-5-9(12(15)16)7-3-1-2-4-8(7)10/h1-6,11,15-16H. The molecule has 2 aromatic carbocycles. The quantitative estimate of drug-likeness (QED) is 0.787. The smallest absolute Gasteiger partial charge is 0.434 e. The van der Waals surface area contributed by atoms with Crippen molar-refractivity contribution in [2.45, 2.75) is 6.61 Å². The van der Waals surface area contributed by atoms with Crippen molar-refractivity contribution in [2.24, 2.45) is 0 Å². The summed E-state index contributed by atoms with van der Waals surface area (Å²) in [6, 6.07) is 9.18. The number of ether oxygens (including phenoxy) is 1. The molecule has 0 saturated carbocycles. The fraction of sp³-hybridized carbons (Fsp3) is 0.0909. The molecule has 0 aromatic heterocycles. The Balaban J connectivity index is 2.62. The van der Waals surface area contributed by atoms with Gasteiger partial charge in [-0.15, -0.1) is 0 Å². The highest BCUT2D eigenvalue weighted by Gasteiger charge is 2.17. The van der Waals surface area contributed by atoms with Gasteiger partial charge in [0, 0.05) is 5.39 Å². The van der Waals surface area contributed by atoms with Crippen LogP contribution in [0.1, 0.15) is 0 Å². The fourth-order valence-electron chi connectivity index (χ4n) is 1.72. The lowest BCUT2D eigenvalue weighted by Crippen LogP contribution is -2.30. The Kier molecular flexibility index (Phi) is 3.26. The highest BCUT2D eigenvalue weighted by molar-refractivity contribution is 6.62. The van der Waals surface area contributed by atoms with E-state index in [0.29, 0.717) is 10.8 Å². The number of benzene rings is 2. The van der Waals surface area contributed by atoms with Crippen LogP contribution >= 0.6 is 0 Å². The molecule has 0 aliphatic carbocycles. The van der Waals surface area contributed by atoms with Crippen molar-refractivity contribution in [1.29, 1.82) is 0 Å². The number of alkyl halides is 2. The van der Waals surface area contributed by atoms with Crippen molar-refractivity contribution in [2.75, 3.05) is 0 Å². The summed E-state index contributed by atoms with van der Waals surface area (Å²) >= 11 is 0. The van der Waals surface area contributed by atoms with Crippen LogP contribution in [0, 0.1) is 0 Å². The Morgan fingerprint density at radius 3 is 2.24 bits per heavy atom. The zero-order valence-electron chi connectivity index (χ0n) is 8.68. The van der Waals surface area contributed by atoms with Gasteiger partial charge < -0.3 is 14.8 Å². The van der Waals surface area contributed by atoms with E-state index in [0.717, 1.165) is 0 Å². The van der Waals surface area contributed by atoms with E-state index < -0.39 is 13.7 Å². The van der Waals surface area contributed by atoms with Crippen LogP contribution in [0.4, 0.5) is 8.78 Å². The van der Waals surface area contributed by atoms with Crippen LogP contribution in [0.3, 0.4) is 0 Å². The molecule has 2 aromatic rings. The van der Waals surface area contributed by atoms with Gasteiger partial charge in [0.2, 0.25) is 0 Å². The molecule has 0 bridgehead atoms. The minimum Gasteiger partial charge on any atom is -0.434 e. The van der Waals surface area contributed by atoms with E-state index in [4.69, 9.17) is 10.0 Å². The lowest BCUT2D eigenvalue weighted by atomic mass is 9.77. The average molecular weight is 238 g/mol. The Morgan fingerprint density at radius 1 is 1.00 bits per heavy atom. The molecule has 0 spiro atoms. The first kappa shape index (κ1) is 11.8. The topological polar surface area (TPSA) is 49.7 Å². The molecule has 0 fully saturated rings. The number of rotatable bonds is 3. The van der Waals surface area contributed by atoms with Crippen LogP contribution in [0.15, 0.2) is 36.4 Å². The van der Waals surface area contributed by atoms with E-state index >= 15 is 0 Å². The van der Waals surface area contributed by atoms with E-state index in [1.165, 1.54) is 12.1 Å². The summed E-state index contributed by atoms with van der Waals surface area (Å²) in [6.45, 7) is -2.91. The summed E-state index contributed by atoms with van der Waals surface area (Å²) in [6.07, 6.45) is 0. The molecule has 2 N–H and O–H groups in total. The van der Waals surface area contributed by atoms with Crippen LogP contribution in [0.2, 0.25) is 0 Å². The first-order valence-electron chi connectivity index (χ1n) is 4.92. The molecule has 0 aliphatic heterocycles. The second kappa shape index (κ2) is 4.69. The van der Waals surface area contributed by atoms with Crippen LogP contribution in [-0.2, 0) is 0 Å². The fourth-order valence-corrected chi connectivity index (χ4v) is 1.72. The van der Waals surface area contributed by atoms with Crippen molar-refractivity contribution in [3.63, 3.8) is 0 Å². The molecule has 0 radical (unpaired) electrons. The van der Waals surface area contributed by atoms with Crippen LogP contribution < -0.4 is 10.2 Å². The predicted molar refractivity (Wildman–Crippen MR) is 60.4 cm³/mol. The minimum atomic E-state index is -2.91. The Labute approximate surface area is 96.4 Å². The zero-order chi connectivity index (χ0) is 12.4. The number of halogens is 2. The van der Waals surface area contributed by atoms with Crippen molar-refractivity contribution in [3.8, 4) is 5.75 Å². The normalized spacial score (nSPS) is 10.9. The monoisotopic (exact) mass is 238 g/mol. The van der Waals surface area contributed by atoms with E-state index in [1.807, 2.05) is 0 Å². The van der Waals surface area contributed by atoms with Gasteiger partial charge in [0.05, 0.1) is 0 Å². The molecule has 0 saturated heterocycles. The Bertz CT molecular complexity index is 531. The highest BCUT2D eigenvalue weighted by atomic mass is 19.3. The maximum atomic E-state index is 12.2. The second-order valence-corrected chi connectivity index (χ2v) is 3.45. The summed E-state index contributed by atoms with van der Waals surface area (Å²) in [7, 11) is -1.65. The molecular weight excluding hydrogens is 229 g/mol. The third-order valence-corrected chi connectivity index (χ3v) is 2.41. The molecule has 0 amide bonds. The van der Waals surface area contributed by atoms with E-state index in [1.54, 1.807) is 24.3 Å². The predicted octanol–water partition coefficient (Wildman–Crippen LogP) is 1.12. The molecule has 17 heavy (non-hydrogen) atoms. The van der Waals surface area contributed by atoms with Crippen LogP contribution in [-0.4, -0.2) is 23.8 Å². The molecule has 2 rings (SSSR count). The lowest BCUT2D eigenvalue weighted by molar-refractivity contribution is -0.0487. The van der Waals surface area contributed by atoms with Crippen molar-refractivity contribution in [3.05, 3.63) is 36.4 Å². The van der Waals surface area contributed by atoms with Gasteiger partial charge in [-0.2, -0.15) is 8.78 Å². The van der Waals surface area contributed by atoms with Crippen LogP contribution in [0.25, 0.3) is 10.8 Å². The summed E-state index contributed by atoms with van der Waals surface area (Å²) < 4.78 is 28.7. The van der Waals surface area contributed by atoms with Gasteiger partial charge in [0.25, 0.3) is 0 Å². The first-order chi connectivity index (χ1) is 8.09. The van der Waals surface area contributed by atoms with Gasteiger partial charge in [-0.25, -0.2) is 0 Å². The van der Waals surface area contributed by atoms with Gasteiger partial charge >= 0.3 is 13.7 Å². The summed E-state index contributed by atoms with van der Waals surface area (Å²) in [4.78, 5) is 0. The van der Waals surface area contributed by atoms with E-state index in [-0.39, 0.29) is 11.2 Å². The Hall–Kier alpha value is -1.66. The molecule has 3 nitrogen and oxygen atoms in total. The van der Waals surface area contributed by atoms with E-state index in [2.05, 4.69) is 4.74 Å². The van der Waals surface area contributed by atoms with E-state index in [9.17, 15) is 8.78 Å². The Morgan fingerprint density at radius 2 is 1.65 bits per heavy atom. The third kappa shape index (κ3) is 2.37. The largest absolute Gasteiger partial charge is 0.489 e. The van der Waals surface area contributed by atoms with Crippen molar-refractivity contribution >= 4 is 23.4 Å². The summed E-state index contributed by atoms with van der Waals surface area (Å²) in [5.41, 5.74) is 0.252.